The first-order valence-electron chi connectivity index (χ1n) is 9.42. The zero-order valence-electron chi connectivity index (χ0n) is 15.9. The van der Waals surface area contributed by atoms with E-state index in [1.165, 1.54) is 4.40 Å². The van der Waals surface area contributed by atoms with Crippen molar-refractivity contribution in [1.82, 2.24) is 9.38 Å². The highest BCUT2D eigenvalue weighted by atomic mass is 35.5. The summed E-state index contributed by atoms with van der Waals surface area (Å²) in [6.45, 7) is 5.00. The van der Waals surface area contributed by atoms with Crippen LogP contribution < -0.4 is 15.0 Å². The van der Waals surface area contributed by atoms with Crippen molar-refractivity contribution in [1.29, 1.82) is 0 Å². The molecule has 6 heteroatoms. The maximum atomic E-state index is 12.9. The minimum absolute atomic E-state index is 0.0565. The molecule has 144 valence electrons. The second kappa shape index (κ2) is 7.68. The van der Waals surface area contributed by atoms with Crippen molar-refractivity contribution < 1.29 is 9.47 Å². The first-order valence-corrected chi connectivity index (χ1v) is 9.80. The van der Waals surface area contributed by atoms with Gasteiger partial charge in [-0.15, -0.1) is 0 Å². The van der Waals surface area contributed by atoms with Crippen LogP contribution in [0, 0.1) is 0 Å². The number of para-hydroxylation sites is 1. The first-order chi connectivity index (χ1) is 13.6. The van der Waals surface area contributed by atoms with Gasteiger partial charge in [0, 0.05) is 17.3 Å². The summed E-state index contributed by atoms with van der Waals surface area (Å²) in [6.07, 6.45) is 5.09. The number of fused-ring (bicyclic) bond motifs is 2. The number of pyridine rings is 1. The van der Waals surface area contributed by atoms with E-state index in [1.807, 2.05) is 32.0 Å². The monoisotopic (exact) mass is 396 g/mol. The fourth-order valence-electron chi connectivity index (χ4n) is 3.56. The summed E-state index contributed by atoms with van der Waals surface area (Å²) >= 11 is 6.04. The standard InChI is InChI=1S/C22H21ClN2O3/c1-3-27-18-7-5-6-15(21(18)28-4-2)12-14-8-10-17-20(14)24-19-11-9-16(23)13-25(19)22(17)26/h5-7,9,11-13H,3-4,8,10H2,1-2H3/b14-12+. The molecule has 28 heavy (non-hydrogen) atoms. The van der Waals surface area contributed by atoms with Crippen LogP contribution in [-0.4, -0.2) is 22.6 Å². The lowest BCUT2D eigenvalue weighted by Gasteiger charge is -2.14. The Morgan fingerprint density at radius 2 is 1.96 bits per heavy atom. The maximum absolute atomic E-state index is 12.9. The van der Waals surface area contributed by atoms with Crippen LogP contribution in [0.3, 0.4) is 0 Å². The van der Waals surface area contributed by atoms with Crippen LogP contribution in [0.1, 0.15) is 37.1 Å². The van der Waals surface area contributed by atoms with Gasteiger partial charge in [0.1, 0.15) is 5.65 Å². The quantitative estimate of drug-likeness (QED) is 0.630. The molecule has 0 aliphatic heterocycles. The summed E-state index contributed by atoms with van der Waals surface area (Å²) in [5.41, 5.74) is 3.97. The van der Waals surface area contributed by atoms with E-state index < -0.39 is 0 Å². The highest BCUT2D eigenvalue weighted by Crippen LogP contribution is 2.37. The van der Waals surface area contributed by atoms with Gasteiger partial charge in [-0.25, -0.2) is 4.98 Å². The van der Waals surface area contributed by atoms with Gasteiger partial charge in [-0.05, 0) is 56.5 Å². The summed E-state index contributed by atoms with van der Waals surface area (Å²) in [6, 6.07) is 9.35. The molecule has 0 atom stereocenters. The SMILES string of the molecule is CCOc1cccc(/C=C2\CCc3c2nc2ccc(Cl)cn2c3=O)c1OCC. The molecule has 0 saturated heterocycles. The predicted octanol–water partition coefficient (Wildman–Crippen LogP) is 4.63. The number of hydrogen-bond acceptors (Lipinski definition) is 4. The van der Waals surface area contributed by atoms with E-state index in [-0.39, 0.29) is 5.56 Å². The third kappa shape index (κ3) is 3.27. The highest BCUT2D eigenvalue weighted by Gasteiger charge is 2.23. The van der Waals surface area contributed by atoms with Gasteiger partial charge >= 0.3 is 0 Å². The zero-order chi connectivity index (χ0) is 19.7. The van der Waals surface area contributed by atoms with Crippen LogP contribution >= 0.6 is 11.6 Å². The average Bonchev–Trinajstić information content (AvgIpc) is 3.08. The van der Waals surface area contributed by atoms with Crippen molar-refractivity contribution in [2.24, 2.45) is 0 Å². The Balaban J connectivity index is 1.85. The Kier molecular flexibility index (Phi) is 5.09. The number of rotatable bonds is 5. The molecule has 5 nitrogen and oxygen atoms in total. The Labute approximate surface area is 168 Å². The van der Waals surface area contributed by atoms with Crippen LogP contribution in [0.15, 0.2) is 41.3 Å². The van der Waals surface area contributed by atoms with Crippen LogP contribution in [0.4, 0.5) is 0 Å². The summed E-state index contributed by atoms with van der Waals surface area (Å²) in [4.78, 5) is 17.6. The smallest absolute Gasteiger partial charge is 0.261 e. The molecule has 0 bridgehead atoms. The second-order valence-corrected chi connectivity index (χ2v) is 6.97. The number of aromatic nitrogens is 2. The summed E-state index contributed by atoms with van der Waals surface area (Å²) < 4.78 is 13.1. The van der Waals surface area contributed by atoms with Crippen molar-refractivity contribution in [2.75, 3.05) is 13.2 Å². The number of benzene rings is 1. The van der Waals surface area contributed by atoms with Crippen molar-refractivity contribution in [3.63, 3.8) is 0 Å². The Morgan fingerprint density at radius 1 is 1.14 bits per heavy atom. The van der Waals surface area contributed by atoms with Crippen LogP contribution in [0.25, 0.3) is 17.3 Å². The molecule has 2 aromatic heterocycles. The van der Waals surface area contributed by atoms with Gasteiger partial charge in [-0.1, -0.05) is 23.7 Å². The predicted molar refractivity (Wildman–Crippen MR) is 111 cm³/mol. The van der Waals surface area contributed by atoms with E-state index in [9.17, 15) is 4.79 Å². The van der Waals surface area contributed by atoms with E-state index in [2.05, 4.69) is 6.08 Å². The second-order valence-electron chi connectivity index (χ2n) is 6.53. The van der Waals surface area contributed by atoms with Gasteiger partial charge in [0.25, 0.3) is 5.56 Å². The van der Waals surface area contributed by atoms with Crippen molar-refractivity contribution in [2.45, 2.75) is 26.7 Å². The Hall–Kier alpha value is -2.79. The molecule has 1 aliphatic carbocycles. The van der Waals surface area contributed by atoms with E-state index in [4.69, 9.17) is 26.1 Å². The lowest BCUT2D eigenvalue weighted by Crippen LogP contribution is -2.19. The molecular formula is C22H21ClN2O3. The third-order valence-corrected chi connectivity index (χ3v) is 4.98. The number of hydrogen-bond donors (Lipinski definition) is 0. The largest absolute Gasteiger partial charge is 0.490 e. The molecule has 0 amide bonds. The van der Waals surface area contributed by atoms with Crippen molar-refractivity contribution in [3.05, 3.63) is 68.7 Å². The van der Waals surface area contributed by atoms with E-state index in [0.29, 0.717) is 30.3 Å². The molecule has 0 N–H and O–H groups in total. The minimum Gasteiger partial charge on any atom is -0.490 e. The van der Waals surface area contributed by atoms with Crippen LogP contribution in [0.5, 0.6) is 11.5 Å². The summed E-state index contributed by atoms with van der Waals surface area (Å²) in [7, 11) is 0. The van der Waals surface area contributed by atoms with E-state index in [0.717, 1.165) is 40.3 Å². The average molecular weight is 397 g/mol. The molecule has 0 radical (unpaired) electrons. The molecule has 0 spiro atoms. The number of ether oxygens (including phenoxy) is 2. The lowest BCUT2D eigenvalue weighted by molar-refractivity contribution is 0.287. The fourth-order valence-corrected chi connectivity index (χ4v) is 3.72. The van der Waals surface area contributed by atoms with Gasteiger partial charge < -0.3 is 9.47 Å². The zero-order valence-corrected chi connectivity index (χ0v) is 16.6. The molecular weight excluding hydrogens is 376 g/mol. The van der Waals surface area contributed by atoms with Crippen LogP contribution in [-0.2, 0) is 6.42 Å². The molecule has 0 saturated carbocycles. The highest BCUT2D eigenvalue weighted by molar-refractivity contribution is 6.30. The molecule has 0 unspecified atom stereocenters. The normalized spacial score (nSPS) is 14.5. The van der Waals surface area contributed by atoms with Crippen molar-refractivity contribution in [3.8, 4) is 11.5 Å². The van der Waals surface area contributed by atoms with Crippen molar-refractivity contribution >= 4 is 28.9 Å². The topological polar surface area (TPSA) is 52.8 Å². The van der Waals surface area contributed by atoms with Gasteiger partial charge in [-0.2, -0.15) is 0 Å². The number of allylic oxidation sites excluding steroid dienone is 1. The number of nitrogens with zero attached hydrogens (tertiary/aromatic N) is 2. The Morgan fingerprint density at radius 3 is 2.75 bits per heavy atom. The molecule has 1 aliphatic rings. The molecule has 1 aromatic carbocycles. The number of halogens is 1. The summed E-state index contributed by atoms with van der Waals surface area (Å²) in [5.74, 6) is 1.44. The van der Waals surface area contributed by atoms with Gasteiger partial charge in [0.05, 0.1) is 23.9 Å². The summed E-state index contributed by atoms with van der Waals surface area (Å²) in [5, 5.41) is 0.513. The first kappa shape index (κ1) is 18.6. The molecule has 0 fully saturated rings. The van der Waals surface area contributed by atoms with Gasteiger partial charge in [0.2, 0.25) is 0 Å². The Bertz CT molecular complexity index is 1130. The molecule has 4 rings (SSSR count). The van der Waals surface area contributed by atoms with E-state index >= 15 is 0 Å². The third-order valence-electron chi connectivity index (χ3n) is 4.76. The lowest BCUT2D eigenvalue weighted by atomic mass is 10.1. The molecule has 2 heterocycles. The fraction of sp³-hybridized carbons (Fsp3) is 0.273. The molecule has 3 aromatic rings. The minimum atomic E-state index is -0.0565. The maximum Gasteiger partial charge on any atom is 0.261 e. The van der Waals surface area contributed by atoms with Gasteiger partial charge in [0.15, 0.2) is 11.5 Å². The van der Waals surface area contributed by atoms with E-state index in [1.54, 1.807) is 18.3 Å². The van der Waals surface area contributed by atoms with Crippen LogP contribution in [0.2, 0.25) is 5.02 Å². The van der Waals surface area contributed by atoms with Gasteiger partial charge in [-0.3, -0.25) is 9.20 Å².